The first-order valence-electron chi connectivity index (χ1n) is 4.58. The number of hydrogen-bond acceptors (Lipinski definition) is 1. The molecule has 0 saturated carbocycles. The lowest BCUT2D eigenvalue weighted by Gasteiger charge is -2.05. The summed E-state index contributed by atoms with van der Waals surface area (Å²) in [6.07, 6.45) is 0. The van der Waals surface area contributed by atoms with Crippen molar-refractivity contribution in [3.8, 4) is 11.1 Å². The van der Waals surface area contributed by atoms with Crippen molar-refractivity contribution in [3.05, 3.63) is 52.5 Å². The molecule has 4 heteroatoms. The number of anilines is 1. The second-order valence-electron chi connectivity index (χ2n) is 3.40. The van der Waals surface area contributed by atoms with Crippen molar-refractivity contribution < 1.29 is 8.78 Å². The molecule has 0 radical (unpaired) electrons. The fourth-order valence-electron chi connectivity index (χ4n) is 1.49. The van der Waals surface area contributed by atoms with Crippen molar-refractivity contribution in [2.75, 3.05) is 5.73 Å². The maximum Gasteiger partial charge on any atom is 0.133 e. The molecule has 0 amide bonds. The Balaban J connectivity index is 2.58. The molecule has 0 spiro atoms. The third-order valence-electron chi connectivity index (χ3n) is 2.16. The van der Waals surface area contributed by atoms with Crippen LogP contribution in [0.3, 0.4) is 0 Å². The van der Waals surface area contributed by atoms with Gasteiger partial charge in [0, 0.05) is 21.8 Å². The highest BCUT2D eigenvalue weighted by molar-refractivity contribution is 9.10. The number of halogens is 3. The van der Waals surface area contributed by atoms with Gasteiger partial charge in [0.1, 0.15) is 11.6 Å². The van der Waals surface area contributed by atoms with Crippen LogP contribution in [0.4, 0.5) is 14.5 Å². The summed E-state index contributed by atoms with van der Waals surface area (Å²) in [4.78, 5) is 0. The van der Waals surface area contributed by atoms with E-state index in [-0.39, 0.29) is 0 Å². The van der Waals surface area contributed by atoms with Crippen LogP contribution in [0.25, 0.3) is 11.1 Å². The van der Waals surface area contributed by atoms with E-state index in [0.29, 0.717) is 16.8 Å². The van der Waals surface area contributed by atoms with Crippen molar-refractivity contribution in [2.24, 2.45) is 0 Å². The van der Waals surface area contributed by atoms with E-state index in [9.17, 15) is 8.78 Å². The van der Waals surface area contributed by atoms with E-state index in [1.807, 2.05) is 0 Å². The molecule has 1 nitrogen and oxygen atoms in total. The standard InChI is InChI=1S/C12H8BrF2N/c13-8-3-7(4-10(16)5-8)11-2-1-9(14)6-12(11)15/h1-6H,16H2. The Kier molecular flexibility index (Phi) is 2.92. The quantitative estimate of drug-likeness (QED) is 0.788. The highest BCUT2D eigenvalue weighted by Gasteiger charge is 2.07. The normalized spacial score (nSPS) is 10.4. The summed E-state index contributed by atoms with van der Waals surface area (Å²) in [6.45, 7) is 0. The van der Waals surface area contributed by atoms with Crippen molar-refractivity contribution >= 4 is 21.6 Å². The summed E-state index contributed by atoms with van der Waals surface area (Å²) in [7, 11) is 0. The van der Waals surface area contributed by atoms with E-state index in [1.54, 1.807) is 18.2 Å². The SMILES string of the molecule is Nc1cc(Br)cc(-c2ccc(F)cc2F)c1. The topological polar surface area (TPSA) is 26.0 Å². The fraction of sp³-hybridized carbons (Fsp3) is 0. The summed E-state index contributed by atoms with van der Waals surface area (Å²) in [5, 5.41) is 0. The molecule has 2 aromatic carbocycles. The highest BCUT2D eigenvalue weighted by Crippen LogP contribution is 2.28. The maximum absolute atomic E-state index is 13.5. The largest absolute Gasteiger partial charge is 0.399 e. The van der Waals surface area contributed by atoms with Gasteiger partial charge in [-0.3, -0.25) is 0 Å². The number of nitrogens with two attached hydrogens (primary N) is 1. The third-order valence-corrected chi connectivity index (χ3v) is 2.62. The Labute approximate surface area is 100 Å². The van der Waals surface area contributed by atoms with Gasteiger partial charge in [0.05, 0.1) is 0 Å². The van der Waals surface area contributed by atoms with Crippen LogP contribution < -0.4 is 5.73 Å². The van der Waals surface area contributed by atoms with E-state index in [1.165, 1.54) is 12.1 Å². The van der Waals surface area contributed by atoms with Crippen molar-refractivity contribution in [3.63, 3.8) is 0 Å². The van der Waals surface area contributed by atoms with E-state index in [2.05, 4.69) is 15.9 Å². The summed E-state index contributed by atoms with van der Waals surface area (Å²) < 4.78 is 27.0. The van der Waals surface area contributed by atoms with Gasteiger partial charge >= 0.3 is 0 Å². The Hall–Kier alpha value is -1.42. The van der Waals surface area contributed by atoms with Crippen LogP contribution in [0.15, 0.2) is 40.9 Å². The van der Waals surface area contributed by atoms with Crippen molar-refractivity contribution in [1.82, 2.24) is 0 Å². The van der Waals surface area contributed by atoms with Gasteiger partial charge in [-0.05, 0) is 35.9 Å². The molecule has 0 aliphatic heterocycles. The summed E-state index contributed by atoms with van der Waals surface area (Å²) in [6, 6.07) is 8.55. The van der Waals surface area contributed by atoms with E-state index < -0.39 is 11.6 Å². The molecule has 2 rings (SSSR count). The minimum Gasteiger partial charge on any atom is -0.399 e. The maximum atomic E-state index is 13.5. The molecule has 16 heavy (non-hydrogen) atoms. The van der Waals surface area contributed by atoms with Crippen LogP contribution in [0.2, 0.25) is 0 Å². The van der Waals surface area contributed by atoms with Crippen LogP contribution in [0.5, 0.6) is 0 Å². The minimum atomic E-state index is -0.600. The van der Waals surface area contributed by atoms with Gasteiger partial charge in [0.2, 0.25) is 0 Å². The summed E-state index contributed by atoms with van der Waals surface area (Å²) >= 11 is 3.27. The monoisotopic (exact) mass is 283 g/mol. The molecule has 0 saturated heterocycles. The Morgan fingerprint density at radius 2 is 1.75 bits per heavy atom. The van der Waals surface area contributed by atoms with Crippen LogP contribution in [0, 0.1) is 11.6 Å². The molecule has 0 bridgehead atoms. The van der Waals surface area contributed by atoms with Gasteiger partial charge in [-0.15, -0.1) is 0 Å². The smallest absolute Gasteiger partial charge is 0.133 e. The van der Waals surface area contributed by atoms with Gasteiger partial charge in [0.25, 0.3) is 0 Å². The van der Waals surface area contributed by atoms with Crippen molar-refractivity contribution in [2.45, 2.75) is 0 Å². The predicted molar refractivity (Wildman–Crippen MR) is 63.9 cm³/mol. The van der Waals surface area contributed by atoms with Crippen LogP contribution in [0.1, 0.15) is 0 Å². The average Bonchev–Trinajstić information content (AvgIpc) is 2.15. The van der Waals surface area contributed by atoms with Gasteiger partial charge in [-0.1, -0.05) is 15.9 Å². The molecule has 0 heterocycles. The highest BCUT2D eigenvalue weighted by atomic mass is 79.9. The zero-order valence-electron chi connectivity index (χ0n) is 8.18. The van der Waals surface area contributed by atoms with E-state index >= 15 is 0 Å². The number of hydrogen-bond donors (Lipinski definition) is 1. The van der Waals surface area contributed by atoms with E-state index in [0.717, 1.165) is 10.5 Å². The third kappa shape index (κ3) is 2.22. The second-order valence-corrected chi connectivity index (χ2v) is 4.31. The van der Waals surface area contributed by atoms with Crippen molar-refractivity contribution in [1.29, 1.82) is 0 Å². The molecular formula is C12H8BrF2N. The zero-order valence-corrected chi connectivity index (χ0v) is 9.76. The summed E-state index contributed by atoms with van der Waals surface area (Å²) in [5.41, 5.74) is 7.11. The minimum absolute atomic E-state index is 0.328. The molecule has 0 aliphatic rings. The first-order chi connectivity index (χ1) is 7.56. The molecule has 0 fully saturated rings. The molecule has 82 valence electrons. The first-order valence-corrected chi connectivity index (χ1v) is 5.37. The fourth-order valence-corrected chi connectivity index (χ4v) is 2.00. The average molecular weight is 284 g/mol. The van der Waals surface area contributed by atoms with Crippen LogP contribution in [-0.4, -0.2) is 0 Å². The number of benzene rings is 2. The lowest BCUT2D eigenvalue weighted by molar-refractivity contribution is 0.585. The van der Waals surface area contributed by atoms with Gasteiger partial charge < -0.3 is 5.73 Å². The van der Waals surface area contributed by atoms with Gasteiger partial charge in [-0.2, -0.15) is 0 Å². The predicted octanol–water partition coefficient (Wildman–Crippen LogP) is 3.98. The molecule has 2 aromatic rings. The van der Waals surface area contributed by atoms with Gasteiger partial charge in [0.15, 0.2) is 0 Å². The Morgan fingerprint density at radius 3 is 2.38 bits per heavy atom. The summed E-state index contributed by atoms with van der Waals surface area (Å²) in [5.74, 6) is -1.19. The zero-order chi connectivity index (χ0) is 11.7. The second kappa shape index (κ2) is 4.22. The van der Waals surface area contributed by atoms with Gasteiger partial charge in [-0.25, -0.2) is 8.78 Å². The first kappa shape index (κ1) is 11.1. The molecule has 0 aromatic heterocycles. The van der Waals surface area contributed by atoms with E-state index in [4.69, 9.17) is 5.73 Å². The lowest BCUT2D eigenvalue weighted by atomic mass is 10.0. The number of nitrogen functional groups attached to an aromatic ring is 1. The van der Waals surface area contributed by atoms with Crippen LogP contribution >= 0.6 is 15.9 Å². The number of rotatable bonds is 1. The molecule has 2 N–H and O–H groups in total. The lowest BCUT2D eigenvalue weighted by Crippen LogP contribution is -1.89. The molecular weight excluding hydrogens is 276 g/mol. The van der Waals surface area contributed by atoms with Crippen LogP contribution in [-0.2, 0) is 0 Å². The Morgan fingerprint density at radius 1 is 1.00 bits per heavy atom. The molecule has 0 unspecified atom stereocenters. The molecule has 0 atom stereocenters. The molecule has 0 aliphatic carbocycles. The Bertz CT molecular complexity index is 520.